The number of aliphatic hydroxyl groups is 1. The number of aliphatic hydroxyl groups excluding tert-OH is 1. The Hall–Kier alpha value is -0.160. The van der Waals surface area contributed by atoms with Crippen LogP contribution in [-0.4, -0.2) is 43.7 Å². The molecule has 1 saturated carbocycles. The molecule has 0 aromatic rings. The Morgan fingerprint density at radius 3 is 2.53 bits per heavy atom. The Kier molecular flexibility index (Phi) is 5.53. The van der Waals surface area contributed by atoms with Gasteiger partial charge in [-0.1, -0.05) is 19.3 Å². The highest BCUT2D eigenvalue weighted by Gasteiger charge is 2.27. The Morgan fingerprint density at radius 1 is 1.27 bits per heavy atom. The van der Waals surface area contributed by atoms with Crippen molar-refractivity contribution in [2.45, 2.75) is 43.7 Å². The van der Waals surface area contributed by atoms with Crippen molar-refractivity contribution in [2.75, 3.05) is 26.9 Å². The topological polar surface area (TPSA) is 64.7 Å². The average molecular weight is 217 g/mol. The molecule has 1 rings (SSSR count). The van der Waals surface area contributed by atoms with Crippen molar-refractivity contribution in [1.82, 2.24) is 0 Å². The zero-order chi connectivity index (χ0) is 11.1. The molecule has 3 N–H and O–H groups in total. The number of rotatable bonds is 6. The van der Waals surface area contributed by atoms with Crippen LogP contribution in [0, 0.1) is 0 Å². The summed E-state index contributed by atoms with van der Waals surface area (Å²) in [6.45, 7) is 1.18. The van der Waals surface area contributed by atoms with Crippen LogP contribution in [0.4, 0.5) is 0 Å². The van der Waals surface area contributed by atoms with Gasteiger partial charge in [0.25, 0.3) is 0 Å². The highest BCUT2D eigenvalue weighted by atomic mass is 16.5. The molecular formula is C11H23NO3. The first-order chi connectivity index (χ1) is 7.16. The smallest absolute Gasteiger partial charge is 0.101 e. The van der Waals surface area contributed by atoms with Crippen LogP contribution < -0.4 is 5.73 Å². The van der Waals surface area contributed by atoms with Crippen LogP contribution in [0.3, 0.4) is 0 Å². The Balaban J connectivity index is 2.12. The van der Waals surface area contributed by atoms with E-state index in [2.05, 4.69) is 0 Å². The normalized spacial score (nSPS) is 22.6. The van der Waals surface area contributed by atoms with Gasteiger partial charge >= 0.3 is 0 Å². The van der Waals surface area contributed by atoms with E-state index in [1.54, 1.807) is 7.11 Å². The second-order valence-electron chi connectivity index (χ2n) is 4.55. The summed E-state index contributed by atoms with van der Waals surface area (Å²) in [7, 11) is 1.56. The van der Waals surface area contributed by atoms with Crippen LogP contribution in [0.1, 0.15) is 32.1 Å². The zero-order valence-electron chi connectivity index (χ0n) is 9.58. The van der Waals surface area contributed by atoms with Gasteiger partial charge in [0.2, 0.25) is 0 Å². The SMILES string of the molecule is COCC(O)COCC1(N)CCCCC1. The van der Waals surface area contributed by atoms with Crippen LogP contribution >= 0.6 is 0 Å². The van der Waals surface area contributed by atoms with Crippen molar-refractivity contribution in [2.24, 2.45) is 5.73 Å². The van der Waals surface area contributed by atoms with E-state index < -0.39 is 6.10 Å². The fraction of sp³-hybridized carbons (Fsp3) is 1.00. The average Bonchev–Trinajstić information content (AvgIpc) is 2.19. The van der Waals surface area contributed by atoms with Crippen LogP contribution in [0.5, 0.6) is 0 Å². The van der Waals surface area contributed by atoms with E-state index in [1.807, 2.05) is 0 Å². The molecule has 0 spiro atoms. The third-order valence-electron chi connectivity index (χ3n) is 2.91. The third kappa shape index (κ3) is 4.93. The maximum Gasteiger partial charge on any atom is 0.101 e. The summed E-state index contributed by atoms with van der Waals surface area (Å²) in [4.78, 5) is 0. The highest BCUT2D eigenvalue weighted by molar-refractivity contribution is 4.87. The van der Waals surface area contributed by atoms with Crippen LogP contribution in [-0.2, 0) is 9.47 Å². The molecule has 0 aliphatic heterocycles. The molecule has 1 atom stereocenters. The lowest BCUT2D eigenvalue weighted by Crippen LogP contribution is -2.46. The number of methoxy groups -OCH3 is 1. The number of hydrogen-bond acceptors (Lipinski definition) is 4. The summed E-state index contributed by atoms with van der Waals surface area (Å²) in [6.07, 6.45) is 5.20. The first-order valence-corrected chi connectivity index (χ1v) is 5.70. The summed E-state index contributed by atoms with van der Waals surface area (Å²) in [6, 6.07) is 0. The molecule has 1 aliphatic carbocycles. The van der Waals surface area contributed by atoms with Gasteiger partial charge in [-0.15, -0.1) is 0 Å². The van der Waals surface area contributed by atoms with Gasteiger partial charge in [-0.2, -0.15) is 0 Å². The van der Waals surface area contributed by atoms with E-state index in [9.17, 15) is 5.11 Å². The standard InChI is InChI=1S/C11H23NO3/c1-14-7-10(13)8-15-9-11(12)5-3-2-4-6-11/h10,13H,2-9,12H2,1H3. The van der Waals surface area contributed by atoms with Gasteiger partial charge in [0, 0.05) is 12.6 Å². The quantitative estimate of drug-likeness (QED) is 0.686. The monoisotopic (exact) mass is 217 g/mol. The van der Waals surface area contributed by atoms with Gasteiger partial charge in [0.1, 0.15) is 6.10 Å². The molecule has 0 bridgehead atoms. The molecule has 15 heavy (non-hydrogen) atoms. The summed E-state index contributed by atoms with van der Waals surface area (Å²) in [5.74, 6) is 0. The van der Waals surface area contributed by atoms with E-state index in [-0.39, 0.29) is 5.54 Å². The molecular weight excluding hydrogens is 194 g/mol. The summed E-state index contributed by atoms with van der Waals surface area (Å²) < 4.78 is 10.2. The Morgan fingerprint density at radius 2 is 1.93 bits per heavy atom. The molecule has 0 aromatic carbocycles. The van der Waals surface area contributed by atoms with E-state index in [1.165, 1.54) is 19.3 Å². The van der Waals surface area contributed by atoms with E-state index >= 15 is 0 Å². The predicted octanol–water partition coefficient (Wildman–Crippen LogP) is 0.672. The second kappa shape index (κ2) is 6.43. The molecule has 0 aromatic heterocycles. The number of nitrogens with two attached hydrogens (primary N) is 1. The lowest BCUT2D eigenvalue weighted by atomic mass is 9.83. The summed E-state index contributed by atoms with van der Waals surface area (Å²) >= 11 is 0. The first kappa shape index (κ1) is 12.9. The third-order valence-corrected chi connectivity index (χ3v) is 2.91. The van der Waals surface area contributed by atoms with Crippen molar-refractivity contribution >= 4 is 0 Å². The molecule has 1 fully saturated rings. The maximum atomic E-state index is 9.37. The van der Waals surface area contributed by atoms with Crippen LogP contribution in [0.25, 0.3) is 0 Å². The number of ether oxygens (including phenoxy) is 2. The van der Waals surface area contributed by atoms with Crippen LogP contribution in [0.15, 0.2) is 0 Å². The number of hydrogen-bond donors (Lipinski definition) is 2. The van der Waals surface area contributed by atoms with Gasteiger partial charge in [-0.3, -0.25) is 0 Å². The van der Waals surface area contributed by atoms with Crippen LogP contribution in [0.2, 0.25) is 0 Å². The van der Waals surface area contributed by atoms with Crippen molar-refractivity contribution in [3.8, 4) is 0 Å². The molecule has 90 valence electrons. The van der Waals surface area contributed by atoms with Crippen molar-refractivity contribution in [3.05, 3.63) is 0 Å². The van der Waals surface area contributed by atoms with Gasteiger partial charge in [0.05, 0.1) is 19.8 Å². The van der Waals surface area contributed by atoms with Gasteiger partial charge in [-0.05, 0) is 12.8 Å². The molecule has 0 amide bonds. The summed E-state index contributed by atoms with van der Waals surface area (Å²) in [5, 5.41) is 9.37. The highest BCUT2D eigenvalue weighted by Crippen LogP contribution is 2.25. The molecule has 1 aliphatic rings. The zero-order valence-corrected chi connectivity index (χ0v) is 9.58. The lowest BCUT2D eigenvalue weighted by molar-refractivity contribution is -0.0229. The molecule has 0 saturated heterocycles. The molecule has 1 unspecified atom stereocenters. The maximum absolute atomic E-state index is 9.37. The van der Waals surface area contributed by atoms with Gasteiger partial charge in [-0.25, -0.2) is 0 Å². The predicted molar refractivity (Wildman–Crippen MR) is 58.7 cm³/mol. The van der Waals surface area contributed by atoms with Crippen molar-refractivity contribution < 1.29 is 14.6 Å². The van der Waals surface area contributed by atoms with Gasteiger partial charge < -0.3 is 20.3 Å². The minimum atomic E-state index is -0.540. The van der Waals surface area contributed by atoms with E-state index in [4.69, 9.17) is 15.2 Å². The molecule has 4 heteroatoms. The minimum Gasteiger partial charge on any atom is -0.388 e. The Bertz CT molecular complexity index is 169. The van der Waals surface area contributed by atoms with Crippen molar-refractivity contribution in [3.63, 3.8) is 0 Å². The second-order valence-corrected chi connectivity index (χ2v) is 4.55. The largest absolute Gasteiger partial charge is 0.388 e. The molecule has 4 nitrogen and oxygen atoms in total. The van der Waals surface area contributed by atoms with E-state index in [0.717, 1.165) is 12.8 Å². The lowest BCUT2D eigenvalue weighted by Gasteiger charge is -2.33. The molecule has 0 radical (unpaired) electrons. The minimum absolute atomic E-state index is 0.162. The molecule has 0 heterocycles. The van der Waals surface area contributed by atoms with Crippen molar-refractivity contribution in [1.29, 1.82) is 0 Å². The fourth-order valence-corrected chi connectivity index (χ4v) is 2.04. The Labute approximate surface area is 91.7 Å². The first-order valence-electron chi connectivity index (χ1n) is 5.70. The fourth-order valence-electron chi connectivity index (χ4n) is 2.04. The van der Waals surface area contributed by atoms with Gasteiger partial charge in [0.15, 0.2) is 0 Å². The van der Waals surface area contributed by atoms with E-state index in [0.29, 0.717) is 19.8 Å². The summed E-state index contributed by atoms with van der Waals surface area (Å²) in [5.41, 5.74) is 6.02.